The van der Waals surface area contributed by atoms with E-state index in [-0.39, 0.29) is 10.7 Å². The normalized spacial score (nSPS) is 11.5. The quantitative estimate of drug-likeness (QED) is 0.124. The lowest BCUT2D eigenvalue weighted by atomic mass is 10.0. The van der Waals surface area contributed by atoms with E-state index in [2.05, 4.69) is 36.4 Å². The Bertz CT molecular complexity index is 2030. The fourth-order valence-electron chi connectivity index (χ4n) is 5.92. The maximum absolute atomic E-state index is 15.3. The number of sulfonamides is 1. The Morgan fingerprint density at radius 1 is 0.543 bits per heavy atom. The fraction of sp³-hybridized carbons (Fsp3) is 0.0500. The summed E-state index contributed by atoms with van der Waals surface area (Å²) in [4.78, 5) is 15.4. The molecule has 46 heavy (non-hydrogen) atoms. The van der Waals surface area contributed by atoms with E-state index in [0.29, 0.717) is 22.1 Å². The van der Waals surface area contributed by atoms with Crippen molar-refractivity contribution in [2.45, 2.75) is 11.8 Å². The number of anilines is 1. The highest BCUT2D eigenvalue weighted by Crippen LogP contribution is 2.49. The summed E-state index contributed by atoms with van der Waals surface area (Å²) < 4.78 is 29.6. The van der Waals surface area contributed by atoms with Gasteiger partial charge in [0.2, 0.25) is 0 Å². The second kappa shape index (κ2) is 13.2. The van der Waals surface area contributed by atoms with Crippen LogP contribution in [0.25, 0.3) is 0 Å². The van der Waals surface area contributed by atoms with E-state index >= 15 is 4.79 Å². The number of hydrogen-bond acceptors (Lipinski definition) is 3. The molecule has 0 spiro atoms. The van der Waals surface area contributed by atoms with Crippen LogP contribution in [0.15, 0.2) is 175 Å². The highest BCUT2D eigenvalue weighted by Gasteiger charge is 2.36. The summed E-state index contributed by atoms with van der Waals surface area (Å²) in [5.41, 5.74) is 2.49. The molecule has 0 N–H and O–H groups in total. The third-order valence-corrected chi connectivity index (χ3v) is 14.3. The number of carbonyl (C=O) groups excluding carboxylic acids is 1. The minimum Gasteiger partial charge on any atom is -0.289 e. The molecule has 6 aromatic carbocycles. The van der Waals surface area contributed by atoms with Crippen LogP contribution in [0.5, 0.6) is 0 Å². The van der Waals surface area contributed by atoms with Gasteiger partial charge in [-0.1, -0.05) is 157 Å². The Hall–Kier alpha value is -4.96. The van der Waals surface area contributed by atoms with Crippen LogP contribution in [0.2, 0.25) is 0 Å². The van der Waals surface area contributed by atoms with Gasteiger partial charge in [0, 0.05) is 23.5 Å². The maximum atomic E-state index is 15.3. The van der Waals surface area contributed by atoms with Crippen molar-refractivity contribution in [1.29, 1.82) is 0 Å². The second-order valence-electron chi connectivity index (χ2n) is 11.0. The summed E-state index contributed by atoms with van der Waals surface area (Å²) >= 11 is 0. The molecule has 0 fully saturated rings. The third kappa shape index (κ3) is 5.64. The number of aryl methyl sites for hydroxylation is 1. The highest BCUT2D eigenvalue weighted by atomic mass is 32.2. The van der Waals surface area contributed by atoms with Gasteiger partial charge in [-0.25, -0.2) is 8.42 Å². The molecule has 0 aliphatic heterocycles. The molecule has 0 saturated heterocycles. The highest BCUT2D eigenvalue weighted by molar-refractivity contribution is 7.97. The van der Waals surface area contributed by atoms with Crippen molar-refractivity contribution in [1.82, 2.24) is 0 Å². The topological polar surface area (TPSA) is 54.5 Å². The first-order valence-corrected chi connectivity index (χ1v) is 18.3. The lowest BCUT2D eigenvalue weighted by Crippen LogP contribution is -2.36. The van der Waals surface area contributed by atoms with Gasteiger partial charge in [0.25, 0.3) is 10.0 Å². The fourth-order valence-corrected chi connectivity index (χ4v) is 11.6. The van der Waals surface area contributed by atoms with Crippen molar-refractivity contribution >= 4 is 49.6 Å². The molecule has 6 rings (SSSR count). The van der Waals surface area contributed by atoms with Gasteiger partial charge in [-0.15, -0.1) is 0 Å². The molecular weight excluding hydrogens is 605 g/mol. The largest absolute Gasteiger partial charge is 0.289 e. The first-order valence-electron chi connectivity index (χ1n) is 15.0. The summed E-state index contributed by atoms with van der Waals surface area (Å²) in [7, 11) is -2.41. The Morgan fingerprint density at radius 2 is 0.957 bits per heavy atom. The molecule has 0 heterocycles. The van der Waals surface area contributed by atoms with Crippen LogP contribution in [0.4, 0.5) is 5.69 Å². The van der Waals surface area contributed by atoms with Crippen molar-refractivity contribution < 1.29 is 13.2 Å². The van der Waals surface area contributed by atoms with Gasteiger partial charge in [0.05, 0.1) is 10.6 Å². The molecule has 228 valence electrons. The molecule has 0 atom stereocenters. The Labute approximate surface area is 271 Å². The van der Waals surface area contributed by atoms with Crippen LogP contribution in [-0.2, 0) is 10.0 Å². The van der Waals surface area contributed by atoms with Gasteiger partial charge in [-0.3, -0.25) is 9.10 Å². The first kappa shape index (κ1) is 31.0. The molecule has 6 heteroatoms. The Kier molecular flexibility index (Phi) is 8.90. The molecule has 0 aliphatic rings. The summed E-state index contributed by atoms with van der Waals surface area (Å²) in [6, 6.07) is 53.9. The summed E-state index contributed by atoms with van der Waals surface area (Å²) in [5, 5.41) is 3.53. The predicted octanol–water partition coefficient (Wildman–Crippen LogP) is 7.22. The van der Waals surface area contributed by atoms with E-state index in [9.17, 15) is 8.42 Å². The van der Waals surface area contributed by atoms with Gasteiger partial charge in [0.15, 0.2) is 5.78 Å². The Morgan fingerprint density at radius 3 is 1.43 bits per heavy atom. The van der Waals surface area contributed by atoms with Crippen LogP contribution < -0.4 is 20.2 Å². The van der Waals surface area contributed by atoms with Crippen LogP contribution in [0.3, 0.4) is 0 Å². The number of carbonyl (C=O) groups is 1. The molecule has 0 saturated carbocycles. The van der Waals surface area contributed by atoms with Crippen molar-refractivity contribution in [2.75, 3.05) is 11.4 Å². The summed E-state index contributed by atoms with van der Waals surface area (Å²) in [6.07, 6.45) is 0. The minimum atomic E-state index is -3.97. The van der Waals surface area contributed by atoms with Crippen LogP contribution >= 0.6 is 6.89 Å². The minimum absolute atomic E-state index is 0.154. The third-order valence-electron chi connectivity index (χ3n) is 8.19. The van der Waals surface area contributed by atoms with E-state index in [4.69, 9.17) is 0 Å². The van der Waals surface area contributed by atoms with E-state index in [0.717, 1.165) is 21.5 Å². The SMILES string of the molecule is Cc1ccc(S(=O)(=O)N(C)c2ccccc2C(C(=O)c2ccccc2)=P(c2ccccc2)(c2ccccc2)c2ccccc2)cc1. The number of nitrogens with zero attached hydrogens (tertiary/aromatic N) is 1. The van der Waals surface area contributed by atoms with E-state index in [1.807, 2.05) is 110 Å². The van der Waals surface area contributed by atoms with Gasteiger partial charge in [-0.2, -0.15) is 0 Å². The van der Waals surface area contributed by atoms with Crippen molar-refractivity contribution in [3.8, 4) is 0 Å². The van der Waals surface area contributed by atoms with Crippen molar-refractivity contribution in [3.63, 3.8) is 0 Å². The van der Waals surface area contributed by atoms with Gasteiger partial charge in [-0.05, 0) is 47.9 Å². The molecule has 0 unspecified atom stereocenters. The number of rotatable bonds is 9. The molecular formula is C40H34NO3PS. The number of Topliss-reactive ketones (excluding diaryl/α,β-unsaturated/α-hetero) is 1. The first-order chi connectivity index (χ1) is 22.3. The summed E-state index contributed by atoms with van der Waals surface area (Å²) in [6.45, 7) is -1.04. The molecule has 0 bridgehead atoms. The Balaban J connectivity index is 1.81. The predicted molar refractivity (Wildman–Crippen MR) is 193 cm³/mol. The molecule has 4 nitrogen and oxygen atoms in total. The van der Waals surface area contributed by atoms with E-state index < -0.39 is 16.9 Å². The average molecular weight is 640 g/mol. The van der Waals surface area contributed by atoms with E-state index in [1.165, 1.54) is 4.31 Å². The number of ketones is 1. The van der Waals surface area contributed by atoms with Gasteiger partial charge < -0.3 is 0 Å². The molecule has 0 radical (unpaired) electrons. The zero-order valence-electron chi connectivity index (χ0n) is 25.7. The van der Waals surface area contributed by atoms with Gasteiger partial charge in [0.1, 0.15) is 0 Å². The standard InChI is InChI=1S/C40H34NO3PS/c1-31-27-29-36(30-28-31)46(43,44)41(2)38-26-16-15-25-37(38)40(39(42)32-17-7-3-8-18-32)45(33-19-9-4-10-20-33,34-21-11-5-12-22-34)35-23-13-6-14-24-35/h3-30H,1-2H3. The molecule has 6 aromatic rings. The van der Waals surface area contributed by atoms with E-state index in [1.54, 1.807) is 37.4 Å². The second-order valence-corrected chi connectivity index (χ2v) is 16.3. The van der Waals surface area contributed by atoms with Gasteiger partial charge >= 0.3 is 0 Å². The molecule has 0 aliphatic carbocycles. The smallest absolute Gasteiger partial charge is 0.264 e. The number of hydrogen-bond donors (Lipinski definition) is 0. The van der Waals surface area contributed by atoms with Crippen LogP contribution in [-0.4, -0.2) is 26.5 Å². The number of para-hydroxylation sites is 1. The summed E-state index contributed by atoms with van der Waals surface area (Å²) in [5.74, 6) is -0.154. The molecule has 0 amide bonds. The monoisotopic (exact) mass is 639 g/mol. The lowest BCUT2D eigenvalue weighted by Gasteiger charge is -2.34. The van der Waals surface area contributed by atoms with Crippen molar-refractivity contribution in [2.24, 2.45) is 0 Å². The maximum Gasteiger partial charge on any atom is 0.264 e. The zero-order valence-corrected chi connectivity index (χ0v) is 27.4. The number of benzene rings is 6. The van der Waals surface area contributed by atoms with Crippen LogP contribution in [0.1, 0.15) is 21.5 Å². The van der Waals surface area contributed by atoms with Crippen molar-refractivity contribution in [3.05, 3.63) is 187 Å². The lowest BCUT2D eigenvalue weighted by molar-refractivity contribution is 0.106. The zero-order chi connectivity index (χ0) is 32.1. The molecule has 0 aromatic heterocycles. The van der Waals surface area contributed by atoms with Crippen LogP contribution in [0, 0.1) is 6.92 Å². The average Bonchev–Trinajstić information content (AvgIpc) is 3.12.